The lowest BCUT2D eigenvalue weighted by Crippen LogP contribution is -2.50. The third kappa shape index (κ3) is 5.07. The van der Waals surface area contributed by atoms with Crippen molar-refractivity contribution in [2.45, 2.75) is 50.5 Å². The van der Waals surface area contributed by atoms with E-state index in [9.17, 15) is 14.4 Å². The van der Waals surface area contributed by atoms with Crippen molar-refractivity contribution in [2.75, 3.05) is 30.3 Å². The number of hydrogen-bond acceptors (Lipinski definition) is 4. The number of nitrogens with zero attached hydrogens (tertiary/aromatic N) is 2. The molecule has 2 aliphatic rings. The number of thioether (sulfide) groups is 1. The summed E-state index contributed by atoms with van der Waals surface area (Å²) in [6, 6.07) is 7.93. The Morgan fingerprint density at radius 3 is 2.68 bits per heavy atom. The number of amides is 3. The van der Waals surface area contributed by atoms with Gasteiger partial charge in [-0.2, -0.15) is 0 Å². The quantitative estimate of drug-likeness (QED) is 0.821. The first-order valence-corrected chi connectivity index (χ1v) is 11.0. The number of carbonyl (C=O) groups is 3. The van der Waals surface area contributed by atoms with Crippen molar-refractivity contribution in [3.8, 4) is 0 Å². The molecular formula is C21H29N3O3S. The molecule has 0 bridgehead atoms. The second-order valence-electron chi connectivity index (χ2n) is 7.70. The summed E-state index contributed by atoms with van der Waals surface area (Å²) < 4.78 is 0. The first-order chi connectivity index (χ1) is 13.5. The fourth-order valence-electron chi connectivity index (χ4n) is 3.62. The molecule has 28 heavy (non-hydrogen) atoms. The van der Waals surface area contributed by atoms with Crippen LogP contribution in [0.4, 0.5) is 5.69 Å². The van der Waals surface area contributed by atoms with E-state index in [0.717, 1.165) is 29.2 Å². The lowest BCUT2D eigenvalue weighted by atomic mass is 10.0. The van der Waals surface area contributed by atoms with Crippen LogP contribution in [0.15, 0.2) is 29.2 Å². The third-order valence-corrected chi connectivity index (χ3v) is 6.27. The maximum absolute atomic E-state index is 12.7. The van der Waals surface area contributed by atoms with E-state index in [0.29, 0.717) is 19.6 Å². The molecular weight excluding hydrogens is 374 g/mol. The van der Waals surface area contributed by atoms with Crippen LogP contribution in [0, 0.1) is 5.92 Å². The predicted octanol–water partition coefficient (Wildman–Crippen LogP) is 2.67. The van der Waals surface area contributed by atoms with Gasteiger partial charge in [-0.1, -0.05) is 26.0 Å². The number of rotatable bonds is 5. The fourth-order valence-corrected chi connectivity index (χ4v) is 4.62. The van der Waals surface area contributed by atoms with Crippen molar-refractivity contribution in [1.29, 1.82) is 0 Å². The number of carbonyl (C=O) groups excluding carboxylic acids is 3. The number of nitrogens with one attached hydrogen (secondary N) is 1. The predicted molar refractivity (Wildman–Crippen MR) is 111 cm³/mol. The van der Waals surface area contributed by atoms with Gasteiger partial charge in [-0.25, -0.2) is 0 Å². The lowest BCUT2D eigenvalue weighted by Gasteiger charge is -2.34. The molecule has 6 nitrogen and oxygen atoms in total. The highest BCUT2D eigenvalue weighted by atomic mass is 32.2. The van der Waals surface area contributed by atoms with Crippen LogP contribution >= 0.6 is 11.8 Å². The van der Waals surface area contributed by atoms with E-state index in [4.69, 9.17) is 0 Å². The number of hydrogen-bond donors (Lipinski definition) is 1. The van der Waals surface area contributed by atoms with E-state index < -0.39 is 0 Å². The molecule has 3 rings (SSSR count). The smallest absolute Gasteiger partial charge is 0.227 e. The zero-order valence-corrected chi connectivity index (χ0v) is 17.5. The van der Waals surface area contributed by atoms with Gasteiger partial charge in [-0.3, -0.25) is 14.4 Å². The Morgan fingerprint density at radius 1 is 1.14 bits per heavy atom. The summed E-state index contributed by atoms with van der Waals surface area (Å²) in [6.07, 6.45) is 2.20. The van der Waals surface area contributed by atoms with Gasteiger partial charge in [0.2, 0.25) is 17.7 Å². The highest BCUT2D eigenvalue weighted by Gasteiger charge is 2.27. The minimum Gasteiger partial charge on any atom is -0.351 e. The topological polar surface area (TPSA) is 69.7 Å². The molecule has 1 aromatic carbocycles. The van der Waals surface area contributed by atoms with Gasteiger partial charge in [0.15, 0.2) is 0 Å². The number of fused-ring (bicyclic) bond motifs is 1. The summed E-state index contributed by atoms with van der Waals surface area (Å²) in [7, 11) is 0. The van der Waals surface area contributed by atoms with E-state index in [1.54, 1.807) is 21.6 Å². The zero-order valence-electron chi connectivity index (χ0n) is 16.6. The van der Waals surface area contributed by atoms with Gasteiger partial charge in [0, 0.05) is 55.1 Å². The average Bonchev–Trinajstić information content (AvgIpc) is 2.71. The fraction of sp³-hybridized carbons (Fsp3) is 0.571. The average molecular weight is 404 g/mol. The Morgan fingerprint density at radius 2 is 1.89 bits per heavy atom. The van der Waals surface area contributed by atoms with Crippen LogP contribution in [0.1, 0.15) is 39.5 Å². The van der Waals surface area contributed by atoms with E-state index in [2.05, 4.69) is 5.32 Å². The van der Waals surface area contributed by atoms with Gasteiger partial charge in [0.1, 0.15) is 0 Å². The molecule has 1 saturated heterocycles. The van der Waals surface area contributed by atoms with Crippen LogP contribution in [0.5, 0.6) is 0 Å². The number of benzene rings is 1. The molecule has 0 aromatic heterocycles. The van der Waals surface area contributed by atoms with Crippen LogP contribution in [-0.4, -0.2) is 54.1 Å². The normalized spacial score (nSPS) is 19.3. The summed E-state index contributed by atoms with van der Waals surface area (Å²) in [5.41, 5.74) is 0.950. The molecule has 1 unspecified atom stereocenters. The minimum atomic E-state index is -0.0608. The molecule has 152 valence electrons. The van der Waals surface area contributed by atoms with Gasteiger partial charge in [-0.15, -0.1) is 11.8 Å². The van der Waals surface area contributed by atoms with Crippen LogP contribution in [-0.2, 0) is 14.4 Å². The van der Waals surface area contributed by atoms with Crippen LogP contribution in [0.3, 0.4) is 0 Å². The van der Waals surface area contributed by atoms with Crippen molar-refractivity contribution in [2.24, 2.45) is 5.92 Å². The molecule has 1 N–H and O–H groups in total. The number of para-hydroxylation sites is 1. The van der Waals surface area contributed by atoms with Gasteiger partial charge in [0.25, 0.3) is 0 Å². The highest BCUT2D eigenvalue weighted by molar-refractivity contribution is 7.99. The van der Waals surface area contributed by atoms with E-state index in [1.165, 1.54) is 0 Å². The Bertz CT molecular complexity index is 737. The lowest BCUT2D eigenvalue weighted by molar-refractivity contribution is -0.135. The second kappa shape index (κ2) is 9.45. The van der Waals surface area contributed by atoms with Crippen molar-refractivity contribution >= 4 is 35.2 Å². The Kier molecular flexibility index (Phi) is 6.99. The Labute approximate surface area is 171 Å². The van der Waals surface area contributed by atoms with Crippen LogP contribution in [0.2, 0.25) is 0 Å². The van der Waals surface area contributed by atoms with Crippen LogP contribution < -0.4 is 10.2 Å². The van der Waals surface area contributed by atoms with Gasteiger partial charge >= 0.3 is 0 Å². The molecule has 7 heteroatoms. The molecule has 0 aliphatic carbocycles. The summed E-state index contributed by atoms with van der Waals surface area (Å²) >= 11 is 1.76. The third-order valence-electron chi connectivity index (χ3n) is 5.23. The Balaban J connectivity index is 1.51. The van der Waals surface area contributed by atoms with Crippen LogP contribution in [0.25, 0.3) is 0 Å². The van der Waals surface area contributed by atoms with Crippen molar-refractivity contribution in [3.05, 3.63) is 24.3 Å². The maximum atomic E-state index is 12.7. The van der Waals surface area contributed by atoms with Crippen molar-refractivity contribution < 1.29 is 14.4 Å². The summed E-state index contributed by atoms with van der Waals surface area (Å²) in [5, 5.41) is 3.02. The SMILES string of the molecule is CC(C)C(=O)NC1CCCN(C(=O)CCC(=O)N2CCSc3ccccc32)C1. The Hall–Kier alpha value is -2.02. The second-order valence-corrected chi connectivity index (χ2v) is 8.84. The number of likely N-dealkylation sites (tertiary alicyclic amines) is 1. The van der Waals surface area contributed by atoms with Crippen molar-refractivity contribution in [3.63, 3.8) is 0 Å². The van der Waals surface area contributed by atoms with Gasteiger partial charge < -0.3 is 15.1 Å². The first kappa shape index (κ1) is 20.7. The summed E-state index contributed by atoms with van der Waals surface area (Å²) in [5.74, 6) is 0.838. The summed E-state index contributed by atoms with van der Waals surface area (Å²) in [4.78, 5) is 42.0. The maximum Gasteiger partial charge on any atom is 0.227 e. The number of anilines is 1. The zero-order chi connectivity index (χ0) is 20.1. The standard InChI is InChI=1S/C21H29N3O3S/c1-15(2)21(27)22-16-6-5-11-23(14-16)19(25)9-10-20(26)24-12-13-28-18-8-4-3-7-17(18)24/h3-4,7-8,15-16H,5-6,9-14H2,1-2H3,(H,22,27). The van der Waals surface area contributed by atoms with Gasteiger partial charge in [0.05, 0.1) is 5.69 Å². The minimum absolute atomic E-state index is 0.00256. The molecule has 3 amide bonds. The first-order valence-electron chi connectivity index (χ1n) is 10.1. The van der Waals surface area contributed by atoms with E-state index in [1.807, 2.05) is 38.1 Å². The molecule has 2 heterocycles. The van der Waals surface area contributed by atoms with E-state index >= 15 is 0 Å². The van der Waals surface area contributed by atoms with Gasteiger partial charge in [-0.05, 0) is 25.0 Å². The molecule has 1 aromatic rings. The monoisotopic (exact) mass is 403 g/mol. The molecule has 0 radical (unpaired) electrons. The largest absolute Gasteiger partial charge is 0.351 e. The molecule has 0 saturated carbocycles. The van der Waals surface area contributed by atoms with Crippen molar-refractivity contribution in [1.82, 2.24) is 10.2 Å². The molecule has 0 spiro atoms. The molecule has 2 aliphatic heterocycles. The number of piperidine rings is 1. The molecule has 1 fully saturated rings. The van der Waals surface area contributed by atoms with E-state index in [-0.39, 0.29) is 42.5 Å². The highest BCUT2D eigenvalue weighted by Crippen LogP contribution is 2.34. The molecule has 1 atom stereocenters. The summed E-state index contributed by atoms with van der Waals surface area (Å²) in [6.45, 7) is 5.65.